The highest BCUT2D eigenvalue weighted by Crippen LogP contribution is 2.04. The summed E-state index contributed by atoms with van der Waals surface area (Å²) in [6.07, 6.45) is 9.71. The van der Waals surface area contributed by atoms with Crippen LogP contribution in [0.5, 0.6) is 0 Å². The molecule has 0 amide bonds. The van der Waals surface area contributed by atoms with Gasteiger partial charge in [0.15, 0.2) is 0 Å². The Bertz CT molecular complexity index is 312. The van der Waals surface area contributed by atoms with Crippen LogP contribution in [0.4, 0.5) is 0 Å². The predicted octanol–water partition coefficient (Wildman–Crippen LogP) is 3.75. The molecule has 0 spiro atoms. The normalized spacial score (nSPS) is 11.2. The molecule has 13 heavy (non-hydrogen) atoms. The van der Waals surface area contributed by atoms with E-state index in [1.807, 2.05) is 18.2 Å². The molecule has 0 fully saturated rings. The summed E-state index contributed by atoms with van der Waals surface area (Å²) in [7, 11) is 0. The van der Waals surface area contributed by atoms with Crippen LogP contribution in [0.25, 0.3) is 6.08 Å². The first-order chi connectivity index (χ1) is 6.33. The summed E-state index contributed by atoms with van der Waals surface area (Å²) in [5, 5.41) is 0. The lowest BCUT2D eigenvalue weighted by Gasteiger charge is -1.92. The van der Waals surface area contributed by atoms with Gasteiger partial charge >= 0.3 is 0 Å². The molecule has 0 saturated carbocycles. The zero-order valence-corrected chi connectivity index (χ0v) is 7.90. The fourth-order valence-corrected chi connectivity index (χ4v) is 0.987. The summed E-state index contributed by atoms with van der Waals surface area (Å²) in [4.78, 5) is 0. The Kier molecular flexibility index (Phi) is 3.77. The molecule has 0 unspecified atom stereocenters. The van der Waals surface area contributed by atoms with E-state index in [1.54, 1.807) is 6.08 Å². The van der Waals surface area contributed by atoms with Crippen LogP contribution in [0.15, 0.2) is 55.1 Å². The second-order valence-electron chi connectivity index (χ2n) is 2.89. The molecule has 1 rings (SSSR count). The Hall–Kier alpha value is -1.56. The van der Waals surface area contributed by atoms with Crippen LogP contribution >= 0.6 is 0 Å². The molecule has 66 valence electrons. The molecule has 0 heterocycles. The Morgan fingerprint density at radius 2 is 1.69 bits per heavy atom. The van der Waals surface area contributed by atoms with E-state index in [4.69, 9.17) is 0 Å². The van der Waals surface area contributed by atoms with Gasteiger partial charge in [-0.05, 0) is 12.5 Å². The maximum atomic E-state index is 3.60. The molecule has 1 aromatic rings. The molecule has 0 saturated heterocycles. The molecule has 0 atom stereocenters. The van der Waals surface area contributed by atoms with E-state index in [9.17, 15) is 0 Å². The van der Waals surface area contributed by atoms with Crippen molar-refractivity contribution in [2.45, 2.75) is 6.92 Å². The van der Waals surface area contributed by atoms with E-state index in [2.05, 4.69) is 43.8 Å². The molecule has 1 aromatic carbocycles. The third-order valence-electron chi connectivity index (χ3n) is 1.72. The summed E-state index contributed by atoms with van der Waals surface area (Å²) < 4.78 is 0. The SMILES string of the molecule is C=C/C=C/C=C/c1ccc(C)cc1. The lowest BCUT2D eigenvalue weighted by molar-refractivity contribution is 1.46. The zero-order chi connectivity index (χ0) is 9.52. The van der Waals surface area contributed by atoms with Gasteiger partial charge in [0.25, 0.3) is 0 Å². The van der Waals surface area contributed by atoms with Gasteiger partial charge in [-0.2, -0.15) is 0 Å². The fourth-order valence-electron chi connectivity index (χ4n) is 0.987. The fraction of sp³-hybridized carbons (Fsp3) is 0.0769. The van der Waals surface area contributed by atoms with Crippen LogP contribution in [0.3, 0.4) is 0 Å². The molecular weight excluding hydrogens is 156 g/mol. The van der Waals surface area contributed by atoms with Crippen molar-refractivity contribution < 1.29 is 0 Å². The predicted molar refractivity (Wildman–Crippen MR) is 59.6 cm³/mol. The lowest BCUT2D eigenvalue weighted by atomic mass is 10.1. The number of rotatable bonds is 3. The van der Waals surface area contributed by atoms with Crippen LogP contribution < -0.4 is 0 Å². The summed E-state index contributed by atoms with van der Waals surface area (Å²) in [5.41, 5.74) is 2.51. The zero-order valence-electron chi connectivity index (χ0n) is 7.90. The first kappa shape index (κ1) is 9.53. The van der Waals surface area contributed by atoms with Crippen molar-refractivity contribution in [3.8, 4) is 0 Å². The van der Waals surface area contributed by atoms with Gasteiger partial charge in [-0.15, -0.1) is 0 Å². The van der Waals surface area contributed by atoms with Crippen LogP contribution in [-0.2, 0) is 0 Å². The van der Waals surface area contributed by atoms with Crippen LogP contribution in [-0.4, -0.2) is 0 Å². The molecule has 0 heteroatoms. The van der Waals surface area contributed by atoms with Gasteiger partial charge in [0.1, 0.15) is 0 Å². The van der Waals surface area contributed by atoms with Gasteiger partial charge in [0, 0.05) is 0 Å². The molecular formula is C13H14. The van der Waals surface area contributed by atoms with Gasteiger partial charge in [-0.25, -0.2) is 0 Å². The third-order valence-corrected chi connectivity index (χ3v) is 1.72. The van der Waals surface area contributed by atoms with E-state index in [-0.39, 0.29) is 0 Å². The first-order valence-electron chi connectivity index (χ1n) is 4.35. The highest BCUT2D eigenvalue weighted by atomic mass is 13.9. The summed E-state index contributed by atoms with van der Waals surface area (Å²) >= 11 is 0. The number of hydrogen-bond acceptors (Lipinski definition) is 0. The first-order valence-corrected chi connectivity index (χ1v) is 4.35. The van der Waals surface area contributed by atoms with Crippen LogP contribution in [0.1, 0.15) is 11.1 Å². The van der Waals surface area contributed by atoms with E-state index in [0.717, 1.165) is 0 Å². The summed E-state index contributed by atoms with van der Waals surface area (Å²) in [5.74, 6) is 0. The van der Waals surface area contributed by atoms with Gasteiger partial charge in [-0.1, -0.05) is 66.8 Å². The second-order valence-corrected chi connectivity index (χ2v) is 2.89. The number of benzene rings is 1. The Balaban J connectivity index is 2.64. The second kappa shape index (κ2) is 5.15. The average molecular weight is 170 g/mol. The average Bonchev–Trinajstić information content (AvgIpc) is 2.15. The third kappa shape index (κ3) is 3.57. The molecule has 0 aromatic heterocycles. The molecule has 0 nitrogen and oxygen atoms in total. The van der Waals surface area contributed by atoms with E-state index in [1.165, 1.54) is 11.1 Å². The number of hydrogen-bond donors (Lipinski definition) is 0. The number of allylic oxidation sites excluding steroid dienone is 4. The quantitative estimate of drug-likeness (QED) is 0.606. The Morgan fingerprint density at radius 3 is 2.31 bits per heavy atom. The smallest absolute Gasteiger partial charge is 0.0256 e. The molecule has 0 aliphatic rings. The van der Waals surface area contributed by atoms with E-state index >= 15 is 0 Å². The molecule has 0 aliphatic heterocycles. The van der Waals surface area contributed by atoms with Gasteiger partial charge in [0.05, 0.1) is 0 Å². The maximum absolute atomic E-state index is 3.60. The van der Waals surface area contributed by atoms with Gasteiger partial charge in [-0.3, -0.25) is 0 Å². The minimum absolute atomic E-state index is 1.22. The van der Waals surface area contributed by atoms with E-state index < -0.39 is 0 Å². The van der Waals surface area contributed by atoms with Crippen molar-refractivity contribution in [3.05, 3.63) is 66.3 Å². The van der Waals surface area contributed by atoms with Crippen molar-refractivity contribution in [3.63, 3.8) is 0 Å². The van der Waals surface area contributed by atoms with Crippen LogP contribution in [0.2, 0.25) is 0 Å². The summed E-state index contributed by atoms with van der Waals surface area (Å²) in [6.45, 7) is 5.68. The Labute approximate surface area is 79.9 Å². The topological polar surface area (TPSA) is 0 Å². The van der Waals surface area contributed by atoms with Crippen molar-refractivity contribution in [1.82, 2.24) is 0 Å². The minimum Gasteiger partial charge on any atom is -0.0991 e. The van der Waals surface area contributed by atoms with Crippen molar-refractivity contribution in [2.24, 2.45) is 0 Å². The Morgan fingerprint density at radius 1 is 1.00 bits per heavy atom. The molecule has 0 radical (unpaired) electrons. The minimum atomic E-state index is 1.22. The van der Waals surface area contributed by atoms with Crippen LogP contribution in [0, 0.1) is 6.92 Å². The van der Waals surface area contributed by atoms with Crippen molar-refractivity contribution in [2.75, 3.05) is 0 Å². The summed E-state index contributed by atoms with van der Waals surface area (Å²) in [6, 6.07) is 8.43. The largest absolute Gasteiger partial charge is 0.0991 e. The maximum Gasteiger partial charge on any atom is -0.0256 e. The molecule has 0 bridgehead atoms. The monoisotopic (exact) mass is 170 g/mol. The molecule has 0 aliphatic carbocycles. The highest BCUT2D eigenvalue weighted by Gasteiger charge is 1.83. The highest BCUT2D eigenvalue weighted by molar-refractivity contribution is 5.51. The van der Waals surface area contributed by atoms with Gasteiger partial charge in [0.2, 0.25) is 0 Å². The lowest BCUT2D eigenvalue weighted by Crippen LogP contribution is -1.72. The van der Waals surface area contributed by atoms with Crippen molar-refractivity contribution >= 4 is 6.08 Å². The number of aryl methyl sites for hydroxylation is 1. The van der Waals surface area contributed by atoms with Gasteiger partial charge < -0.3 is 0 Å². The van der Waals surface area contributed by atoms with E-state index in [0.29, 0.717) is 0 Å². The standard InChI is InChI=1S/C13H14/c1-3-4-5-6-7-13-10-8-12(2)9-11-13/h3-11H,1H2,2H3/b5-4+,7-6+. The van der Waals surface area contributed by atoms with Crippen molar-refractivity contribution in [1.29, 1.82) is 0 Å². The molecule has 0 N–H and O–H groups in total.